The van der Waals surface area contributed by atoms with E-state index < -0.39 is 0 Å². The average molecular weight is 483 g/mol. The molecule has 36 heavy (non-hydrogen) atoms. The van der Waals surface area contributed by atoms with Crippen molar-refractivity contribution >= 4 is 17.9 Å². The van der Waals surface area contributed by atoms with E-state index in [4.69, 9.17) is 5.10 Å². The molecule has 2 aliphatic rings. The third-order valence-corrected chi connectivity index (χ3v) is 7.33. The van der Waals surface area contributed by atoms with Crippen LogP contribution in [0.5, 0.6) is 0 Å². The number of likely N-dealkylation sites (tertiary alicyclic amines) is 1. The molecule has 1 aromatic heterocycles. The van der Waals surface area contributed by atoms with Crippen molar-refractivity contribution in [2.75, 3.05) is 13.1 Å². The minimum absolute atomic E-state index is 0.0955. The topological polar surface area (TPSA) is 67.2 Å². The van der Waals surface area contributed by atoms with Crippen molar-refractivity contribution in [1.82, 2.24) is 20.0 Å². The number of nitrogens with one attached hydrogen (secondary N) is 1. The number of rotatable bonds is 6. The first-order chi connectivity index (χ1) is 17.7. The molecule has 0 atom stereocenters. The van der Waals surface area contributed by atoms with Gasteiger partial charge in [0.15, 0.2) is 0 Å². The number of para-hydroxylation sites is 1. The van der Waals surface area contributed by atoms with E-state index in [0.29, 0.717) is 5.91 Å². The van der Waals surface area contributed by atoms with Crippen LogP contribution in [0.3, 0.4) is 0 Å². The van der Waals surface area contributed by atoms with Crippen LogP contribution in [0.2, 0.25) is 0 Å². The number of hydrogen-bond donors (Lipinski definition) is 1. The Hall–Kier alpha value is -3.67. The third-order valence-electron chi connectivity index (χ3n) is 7.33. The minimum Gasteiger partial charge on any atom is -0.350 e. The minimum atomic E-state index is -0.112. The molecule has 186 valence electrons. The maximum atomic E-state index is 12.8. The molecule has 1 aliphatic heterocycles. The second-order valence-electron chi connectivity index (χ2n) is 9.86. The molecule has 0 spiro atoms. The number of amides is 2. The zero-order valence-electron chi connectivity index (χ0n) is 20.7. The zero-order chi connectivity index (χ0) is 24.7. The van der Waals surface area contributed by atoms with Gasteiger partial charge in [0.25, 0.3) is 0 Å². The van der Waals surface area contributed by atoms with Crippen LogP contribution < -0.4 is 5.32 Å². The zero-order valence-corrected chi connectivity index (χ0v) is 20.7. The van der Waals surface area contributed by atoms with Gasteiger partial charge in [0, 0.05) is 48.4 Å². The highest BCUT2D eigenvalue weighted by atomic mass is 16.2. The number of piperidine rings is 1. The second-order valence-corrected chi connectivity index (χ2v) is 9.86. The van der Waals surface area contributed by atoms with Crippen molar-refractivity contribution in [1.29, 1.82) is 0 Å². The molecular formula is C30H34N4O2. The van der Waals surface area contributed by atoms with Gasteiger partial charge in [0.1, 0.15) is 0 Å². The summed E-state index contributed by atoms with van der Waals surface area (Å²) in [4.78, 5) is 27.6. The van der Waals surface area contributed by atoms with Crippen LogP contribution in [0.4, 0.5) is 0 Å². The summed E-state index contributed by atoms with van der Waals surface area (Å²) in [6.07, 6.45) is 12.7. The maximum Gasteiger partial charge on any atom is 0.244 e. The van der Waals surface area contributed by atoms with E-state index in [9.17, 15) is 9.59 Å². The fraction of sp³-hybridized carbons (Fsp3) is 0.367. The van der Waals surface area contributed by atoms with Crippen LogP contribution in [0.1, 0.15) is 50.5 Å². The number of nitrogens with zero attached hydrogens (tertiary/aromatic N) is 3. The lowest BCUT2D eigenvalue weighted by molar-refractivity contribution is -0.137. The molecule has 6 heteroatoms. The van der Waals surface area contributed by atoms with Gasteiger partial charge < -0.3 is 10.2 Å². The molecule has 5 rings (SSSR count). The molecule has 1 saturated heterocycles. The van der Waals surface area contributed by atoms with Crippen molar-refractivity contribution in [2.45, 2.75) is 51.0 Å². The van der Waals surface area contributed by atoms with Crippen LogP contribution in [-0.4, -0.2) is 45.6 Å². The summed E-state index contributed by atoms with van der Waals surface area (Å²) in [7, 11) is 0. The first-order valence-corrected chi connectivity index (χ1v) is 13.2. The maximum absolute atomic E-state index is 12.8. The Bertz CT molecular complexity index is 1190. The highest BCUT2D eigenvalue weighted by Crippen LogP contribution is 2.27. The van der Waals surface area contributed by atoms with Crippen LogP contribution in [0.15, 0.2) is 72.9 Å². The van der Waals surface area contributed by atoms with E-state index in [-0.39, 0.29) is 17.9 Å². The van der Waals surface area contributed by atoms with E-state index in [2.05, 4.69) is 5.32 Å². The molecule has 2 heterocycles. The lowest BCUT2D eigenvalue weighted by Gasteiger charge is -2.35. The fourth-order valence-corrected chi connectivity index (χ4v) is 5.31. The SMILES string of the molecule is O=C(/C=C/c1cn(-c2ccccc2)nc1-c1ccccc1)NC1CCN(C(=O)C2CCCCC2)CC1. The van der Waals surface area contributed by atoms with E-state index >= 15 is 0 Å². The first kappa shape index (κ1) is 24.0. The largest absolute Gasteiger partial charge is 0.350 e. The number of aromatic nitrogens is 2. The predicted molar refractivity (Wildman–Crippen MR) is 142 cm³/mol. The van der Waals surface area contributed by atoms with Gasteiger partial charge in [0.05, 0.1) is 11.4 Å². The van der Waals surface area contributed by atoms with Gasteiger partial charge in [-0.2, -0.15) is 5.10 Å². The van der Waals surface area contributed by atoms with Gasteiger partial charge in [-0.15, -0.1) is 0 Å². The molecule has 1 N–H and O–H groups in total. The number of hydrogen-bond acceptors (Lipinski definition) is 3. The molecule has 1 aliphatic carbocycles. The standard InChI is InChI=1S/C30H34N4O2/c35-28(31-26-18-20-33(21-19-26)30(36)24-12-6-2-7-13-24)17-16-25-22-34(27-14-8-3-9-15-27)32-29(25)23-10-4-1-5-11-23/h1,3-5,8-11,14-17,22,24,26H,2,6-7,12-13,18-21H2,(H,31,35)/b17-16+. The second kappa shape index (κ2) is 11.4. The van der Waals surface area contributed by atoms with Gasteiger partial charge in [-0.3, -0.25) is 9.59 Å². The highest BCUT2D eigenvalue weighted by molar-refractivity contribution is 5.93. The third kappa shape index (κ3) is 5.76. The molecule has 3 aromatic rings. The Morgan fingerprint density at radius 3 is 2.22 bits per heavy atom. The molecule has 6 nitrogen and oxygen atoms in total. The van der Waals surface area contributed by atoms with Gasteiger partial charge in [-0.1, -0.05) is 67.8 Å². The van der Waals surface area contributed by atoms with Gasteiger partial charge in [-0.25, -0.2) is 4.68 Å². The smallest absolute Gasteiger partial charge is 0.244 e. The van der Waals surface area contributed by atoms with Crippen molar-refractivity contribution in [2.24, 2.45) is 5.92 Å². The van der Waals surface area contributed by atoms with E-state index in [1.807, 2.05) is 82.5 Å². The van der Waals surface area contributed by atoms with Crippen LogP contribution in [-0.2, 0) is 9.59 Å². The summed E-state index contributed by atoms with van der Waals surface area (Å²) in [5.41, 5.74) is 3.68. The summed E-state index contributed by atoms with van der Waals surface area (Å²) in [6.45, 7) is 1.46. The first-order valence-electron chi connectivity index (χ1n) is 13.2. The number of benzene rings is 2. The summed E-state index contributed by atoms with van der Waals surface area (Å²) in [6, 6.07) is 20.1. The van der Waals surface area contributed by atoms with Crippen molar-refractivity contribution < 1.29 is 9.59 Å². The van der Waals surface area contributed by atoms with Crippen LogP contribution >= 0.6 is 0 Å². The molecule has 2 amide bonds. The molecule has 2 fully saturated rings. The Morgan fingerprint density at radius 1 is 0.861 bits per heavy atom. The summed E-state index contributed by atoms with van der Waals surface area (Å²) < 4.78 is 1.85. The van der Waals surface area contributed by atoms with Crippen molar-refractivity contribution in [3.8, 4) is 16.9 Å². The highest BCUT2D eigenvalue weighted by Gasteiger charge is 2.29. The lowest BCUT2D eigenvalue weighted by atomic mass is 9.87. The Labute approximate surface area is 213 Å². The molecule has 0 radical (unpaired) electrons. The average Bonchev–Trinajstić information content (AvgIpc) is 3.38. The van der Waals surface area contributed by atoms with E-state index in [1.54, 1.807) is 6.08 Å². The summed E-state index contributed by atoms with van der Waals surface area (Å²) >= 11 is 0. The monoisotopic (exact) mass is 482 g/mol. The van der Waals surface area contributed by atoms with Gasteiger partial charge >= 0.3 is 0 Å². The fourth-order valence-electron chi connectivity index (χ4n) is 5.31. The number of carbonyl (C=O) groups is 2. The van der Waals surface area contributed by atoms with E-state index in [0.717, 1.165) is 61.3 Å². The summed E-state index contributed by atoms with van der Waals surface area (Å²) in [5.74, 6) is 0.421. The molecule has 0 unspecified atom stereocenters. The molecule has 0 bridgehead atoms. The molecule has 1 saturated carbocycles. The normalized spacial score (nSPS) is 17.4. The Morgan fingerprint density at radius 2 is 1.53 bits per heavy atom. The lowest BCUT2D eigenvalue weighted by Crippen LogP contribution is -2.48. The van der Waals surface area contributed by atoms with Crippen LogP contribution in [0, 0.1) is 5.92 Å². The molecule has 2 aromatic carbocycles. The number of carbonyl (C=O) groups excluding carboxylic acids is 2. The Kier molecular flexibility index (Phi) is 7.60. The van der Waals surface area contributed by atoms with Crippen molar-refractivity contribution in [3.63, 3.8) is 0 Å². The Balaban J connectivity index is 1.22. The van der Waals surface area contributed by atoms with Gasteiger partial charge in [-0.05, 0) is 43.9 Å². The van der Waals surface area contributed by atoms with E-state index in [1.165, 1.54) is 19.3 Å². The van der Waals surface area contributed by atoms with Gasteiger partial charge in [0.2, 0.25) is 11.8 Å². The van der Waals surface area contributed by atoms with Crippen molar-refractivity contribution in [3.05, 3.63) is 78.5 Å². The molecular weight excluding hydrogens is 448 g/mol. The predicted octanol–water partition coefficient (Wildman–Crippen LogP) is 5.24. The van der Waals surface area contributed by atoms with Crippen LogP contribution in [0.25, 0.3) is 23.0 Å². The summed E-state index contributed by atoms with van der Waals surface area (Å²) in [5, 5.41) is 7.94. The quantitative estimate of drug-likeness (QED) is 0.489.